The summed E-state index contributed by atoms with van der Waals surface area (Å²) < 4.78 is 0. The van der Waals surface area contributed by atoms with Gasteiger partial charge in [0, 0.05) is 23.1 Å². The first-order chi connectivity index (χ1) is 10.2. The Morgan fingerprint density at radius 3 is 2.62 bits per heavy atom. The van der Waals surface area contributed by atoms with E-state index in [1.54, 1.807) is 18.2 Å². The lowest BCUT2D eigenvalue weighted by Gasteiger charge is -2.23. The molecular formula is C17H15NO3. The number of Topliss-reactive ketones (excluding diaryl/α,β-unsaturated/α-hetero) is 1. The molecule has 1 unspecified atom stereocenters. The van der Waals surface area contributed by atoms with Crippen LogP contribution in [0.4, 0.5) is 5.69 Å². The second kappa shape index (κ2) is 5.48. The predicted molar refractivity (Wildman–Crippen MR) is 79.4 cm³/mol. The monoisotopic (exact) mass is 281 g/mol. The van der Waals surface area contributed by atoms with Gasteiger partial charge in [-0.25, -0.2) is 0 Å². The molecule has 0 N–H and O–H groups in total. The number of ketones is 1. The van der Waals surface area contributed by atoms with Crippen LogP contribution >= 0.6 is 0 Å². The van der Waals surface area contributed by atoms with Crippen LogP contribution in [0, 0.1) is 16.0 Å². The highest BCUT2D eigenvalue weighted by Crippen LogP contribution is 2.30. The van der Waals surface area contributed by atoms with Crippen molar-refractivity contribution < 1.29 is 9.72 Å². The SMILES string of the molecule is O=C1c2ccccc2CCC1Cc1ccccc1[N+](=O)[O-]. The van der Waals surface area contributed by atoms with E-state index in [1.165, 1.54) is 6.07 Å². The summed E-state index contributed by atoms with van der Waals surface area (Å²) in [4.78, 5) is 23.2. The van der Waals surface area contributed by atoms with Gasteiger partial charge in [0.25, 0.3) is 5.69 Å². The van der Waals surface area contributed by atoms with Gasteiger partial charge in [-0.05, 0) is 24.8 Å². The maximum Gasteiger partial charge on any atom is 0.272 e. The Kier molecular flexibility index (Phi) is 3.52. The third kappa shape index (κ3) is 2.57. The number of benzene rings is 2. The van der Waals surface area contributed by atoms with Gasteiger partial charge in [-0.15, -0.1) is 0 Å². The minimum atomic E-state index is -0.378. The van der Waals surface area contributed by atoms with Crippen molar-refractivity contribution in [3.8, 4) is 0 Å². The Balaban J connectivity index is 1.88. The fourth-order valence-electron chi connectivity index (χ4n) is 2.98. The van der Waals surface area contributed by atoms with Gasteiger partial charge >= 0.3 is 0 Å². The van der Waals surface area contributed by atoms with Crippen LogP contribution < -0.4 is 0 Å². The molecule has 2 aromatic carbocycles. The molecular weight excluding hydrogens is 266 g/mol. The number of rotatable bonds is 3. The van der Waals surface area contributed by atoms with Gasteiger partial charge in [-0.1, -0.05) is 42.5 Å². The second-order valence-corrected chi connectivity index (χ2v) is 5.35. The molecule has 0 aromatic heterocycles. The highest BCUT2D eigenvalue weighted by Gasteiger charge is 2.28. The Morgan fingerprint density at radius 1 is 1.10 bits per heavy atom. The lowest BCUT2D eigenvalue weighted by molar-refractivity contribution is -0.385. The van der Waals surface area contributed by atoms with Crippen molar-refractivity contribution in [3.63, 3.8) is 0 Å². The van der Waals surface area contributed by atoms with Gasteiger partial charge < -0.3 is 0 Å². The number of carbonyl (C=O) groups excluding carboxylic acids is 1. The number of carbonyl (C=O) groups is 1. The van der Waals surface area contributed by atoms with E-state index in [1.807, 2.05) is 24.3 Å². The van der Waals surface area contributed by atoms with Gasteiger partial charge in [0.1, 0.15) is 0 Å². The topological polar surface area (TPSA) is 60.2 Å². The van der Waals surface area contributed by atoms with E-state index in [9.17, 15) is 14.9 Å². The van der Waals surface area contributed by atoms with E-state index in [2.05, 4.69) is 0 Å². The summed E-state index contributed by atoms with van der Waals surface area (Å²) in [5.41, 5.74) is 2.60. The van der Waals surface area contributed by atoms with E-state index in [0.29, 0.717) is 12.0 Å². The third-order valence-corrected chi connectivity index (χ3v) is 4.07. The van der Waals surface area contributed by atoms with Crippen molar-refractivity contribution in [3.05, 3.63) is 75.3 Å². The molecule has 1 aliphatic rings. The number of nitro groups is 1. The second-order valence-electron chi connectivity index (χ2n) is 5.35. The molecule has 0 bridgehead atoms. The Morgan fingerprint density at radius 2 is 1.81 bits per heavy atom. The molecule has 1 aliphatic carbocycles. The summed E-state index contributed by atoms with van der Waals surface area (Å²) in [6.45, 7) is 0. The highest BCUT2D eigenvalue weighted by molar-refractivity contribution is 6.00. The predicted octanol–water partition coefficient (Wildman–Crippen LogP) is 3.58. The summed E-state index contributed by atoms with van der Waals surface area (Å²) >= 11 is 0. The summed E-state index contributed by atoms with van der Waals surface area (Å²) in [7, 11) is 0. The van der Waals surface area contributed by atoms with E-state index in [-0.39, 0.29) is 22.3 Å². The van der Waals surface area contributed by atoms with Crippen molar-refractivity contribution in [2.75, 3.05) is 0 Å². The minimum Gasteiger partial charge on any atom is -0.294 e. The minimum absolute atomic E-state index is 0.101. The van der Waals surface area contributed by atoms with Crippen LogP contribution in [0.1, 0.15) is 27.9 Å². The Bertz CT molecular complexity index is 709. The number of hydrogen-bond donors (Lipinski definition) is 0. The molecule has 3 rings (SSSR count). The summed E-state index contributed by atoms with van der Waals surface area (Å²) in [6, 6.07) is 14.3. The number of hydrogen-bond acceptors (Lipinski definition) is 3. The zero-order valence-electron chi connectivity index (χ0n) is 11.5. The molecule has 0 spiro atoms. The zero-order valence-corrected chi connectivity index (χ0v) is 11.5. The lowest BCUT2D eigenvalue weighted by Crippen LogP contribution is -2.24. The van der Waals surface area contributed by atoms with E-state index >= 15 is 0 Å². The molecule has 0 amide bonds. The van der Waals surface area contributed by atoms with Crippen molar-refractivity contribution >= 4 is 11.5 Å². The standard InChI is InChI=1S/C17H15NO3/c19-17-14(10-9-12-5-1-3-7-15(12)17)11-13-6-2-4-8-16(13)18(20)21/h1-8,14H,9-11H2. The Hall–Kier alpha value is -2.49. The van der Waals surface area contributed by atoms with E-state index in [0.717, 1.165) is 24.0 Å². The largest absolute Gasteiger partial charge is 0.294 e. The van der Waals surface area contributed by atoms with Crippen LogP contribution in [-0.2, 0) is 12.8 Å². The van der Waals surface area contributed by atoms with Crippen LogP contribution in [0.5, 0.6) is 0 Å². The lowest BCUT2D eigenvalue weighted by atomic mass is 9.79. The highest BCUT2D eigenvalue weighted by atomic mass is 16.6. The van der Waals surface area contributed by atoms with Crippen molar-refractivity contribution in [2.24, 2.45) is 5.92 Å². The summed E-state index contributed by atoms with van der Waals surface area (Å²) in [5, 5.41) is 11.1. The fourth-order valence-corrected chi connectivity index (χ4v) is 2.98. The number of nitrogens with zero attached hydrogens (tertiary/aromatic N) is 1. The van der Waals surface area contributed by atoms with Crippen LogP contribution in [-0.4, -0.2) is 10.7 Å². The number of nitro benzene ring substituents is 1. The average Bonchev–Trinajstić information content (AvgIpc) is 2.51. The fraction of sp³-hybridized carbons (Fsp3) is 0.235. The molecule has 4 nitrogen and oxygen atoms in total. The van der Waals surface area contributed by atoms with Crippen LogP contribution in [0.3, 0.4) is 0 Å². The van der Waals surface area contributed by atoms with Gasteiger partial charge in [0.05, 0.1) is 4.92 Å². The average molecular weight is 281 g/mol. The third-order valence-electron chi connectivity index (χ3n) is 4.07. The number of fused-ring (bicyclic) bond motifs is 1. The molecule has 4 heteroatoms. The summed E-state index contributed by atoms with van der Waals surface area (Å²) in [6.07, 6.45) is 2.04. The molecule has 1 atom stereocenters. The van der Waals surface area contributed by atoms with Crippen molar-refractivity contribution in [1.82, 2.24) is 0 Å². The molecule has 0 saturated heterocycles. The molecule has 106 valence electrons. The van der Waals surface area contributed by atoms with Gasteiger partial charge in [0.2, 0.25) is 0 Å². The van der Waals surface area contributed by atoms with Crippen molar-refractivity contribution in [2.45, 2.75) is 19.3 Å². The first-order valence-electron chi connectivity index (χ1n) is 7.01. The molecule has 0 radical (unpaired) electrons. The van der Waals surface area contributed by atoms with E-state index in [4.69, 9.17) is 0 Å². The number of aryl methyl sites for hydroxylation is 1. The molecule has 0 aliphatic heterocycles. The van der Waals surface area contributed by atoms with Gasteiger partial charge in [-0.2, -0.15) is 0 Å². The number of para-hydroxylation sites is 1. The molecule has 2 aromatic rings. The Labute approximate surface area is 122 Å². The summed E-state index contributed by atoms with van der Waals surface area (Å²) in [5.74, 6) is -0.0593. The van der Waals surface area contributed by atoms with Crippen molar-refractivity contribution in [1.29, 1.82) is 0 Å². The maximum atomic E-state index is 12.5. The zero-order chi connectivity index (χ0) is 14.8. The van der Waals surface area contributed by atoms with E-state index < -0.39 is 0 Å². The molecule has 0 heterocycles. The maximum absolute atomic E-state index is 12.5. The van der Waals surface area contributed by atoms with Crippen LogP contribution in [0.2, 0.25) is 0 Å². The first kappa shape index (κ1) is 13.5. The smallest absolute Gasteiger partial charge is 0.272 e. The van der Waals surface area contributed by atoms with Gasteiger partial charge in [-0.3, -0.25) is 14.9 Å². The van der Waals surface area contributed by atoms with Crippen LogP contribution in [0.15, 0.2) is 48.5 Å². The first-order valence-corrected chi connectivity index (χ1v) is 7.01. The molecule has 0 saturated carbocycles. The van der Waals surface area contributed by atoms with Crippen LogP contribution in [0.25, 0.3) is 0 Å². The molecule has 21 heavy (non-hydrogen) atoms. The quantitative estimate of drug-likeness (QED) is 0.638. The van der Waals surface area contributed by atoms with Gasteiger partial charge in [0.15, 0.2) is 5.78 Å². The normalized spacial score (nSPS) is 17.3. The molecule has 0 fully saturated rings.